The molecular formula is C34H38N6O5. The Morgan fingerprint density at radius 3 is 2.56 bits per heavy atom. The highest BCUT2D eigenvalue weighted by Crippen LogP contribution is 2.28. The quantitative estimate of drug-likeness (QED) is 0.216. The third-order valence-electron chi connectivity index (χ3n) is 7.51. The van der Waals surface area contributed by atoms with Gasteiger partial charge in [-0.15, -0.1) is 0 Å². The second-order valence-electron chi connectivity index (χ2n) is 11.8. The zero-order valence-corrected chi connectivity index (χ0v) is 25.9. The minimum absolute atomic E-state index is 0.246. The molecule has 11 nitrogen and oxygen atoms in total. The summed E-state index contributed by atoms with van der Waals surface area (Å²) in [4.78, 5) is 35.9. The highest BCUT2D eigenvalue weighted by atomic mass is 16.6. The van der Waals surface area contributed by atoms with Gasteiger partial charge in [-0.1, -0.05) is 24.3 Å². The molecule has 3 N–H and O–H groups in total. The Labute approximate surface area is 262 Å². The number of nitrogens with zero attached hydrogens (tertiary/aromatic N) is 3. The van der Waals surface area contributed by atoms with Gasteiger partial charge in [-0.2, -0.15) is 5.26 Å². The smallest absolute Gasteiger partial charge is 0.407 e. The Kier molecular flexibility index (Phi) is 9.54. The molecule has 11 heteroatoms. The predicted molar refractivity (Wildman–Crippen MR) is 172 cm³/mol. The van der Waals surface area contributed by atoms with Crippen LogP contribution in [0.3, 0.4) is 0 Å². The van der Waals surface area contributed by atoms with Crippen LogP contribution in [0.25, 0.3) is 22.0 Å². The number of ether oxygens (including phenoxy) is 3. The molecule has 0 saturated carbocycles. The lowest BCUT2D eigenvalue weighted by atomic mass is 9.98. The molecule has 1 amide bonds. The molecule has 1 aliphatic heterocycles. The van der Waals surface area contributed by atoms with Crippen molar-refractivity contribution in [3.05, 3.63) is 78.1 Å². The monoisotopic (exact) mass is 610 g/mol. The zero-order chi connectivity index (χ0) is 32.0. The molecular weight excluding hydrogens is 572 g/mol. The highest BCUT2D eigenvalue weighted by Gasteiger charge is 2.29. The van der Waals surface area contributed by atoms with E-state index in [2.05, 4.69) is 31.6 Å². The first kappa shape index (κ1) is 31.3. The van der Waals surface area contributed by atoms with Crippen molar-refractivity contribution in [2.24, 2.45) is 0 Å². The van der Waals surface area contributed by atoms with Crippen LogP contribution in [0.2, 0.25) is 0 Å². The fraction of sp³-hybridized carbons (Fsp3) is 0.353. The van der Waals surface area contributed by atoms with Crippen molar-refractivity contribution in [3.8, 4) is 17.2 Å². The maximum absolute atomic E-state index is 13.0. The molecule has 0 spiro atoms. The molecule has 234 valence electrons. The number of nitrogens with one attached hydrogen (secondary N) is 3. The number of hydrogen-bond acceptors (Lipinski definition) is 9. The molecule has 2 unspecified atom stereocenters. The van der Waals surface area contributed by atoms with Gasteiger partial charge in [-0.05, 0) is 68.7 Å². The molecule has 4 aromatic rings. The number of amides is 1. The number of carbonyl (C=O) groups is 2. The first-order valence-electron chi connectivity index (χ1n) is 14.9. The number of para-hydroxylation sites is 1. The number of pyridine rings is 1. The number of aromatic amines is 1. The van der Waals surface area contributed by atoms with E-state index in [1.165, 1.54) is 7.11 Å². The highest BCUT2D eigenvalue weighted by molar-refractivity contribution is 5.97. The Morgan fingerprint density at radius 2 is 1.87 bits per heavy atom. The number of anilines is 2. The van der Waals surface area contributed by atoms with E-state index in [1.807, 2.05) is 48.7 Å². The van der Waals surface area contributed by atoms with E-state index in [4.69, 9.17) is 14.2 Å². The largest absolute Gasteiger partial charge is 0.465 e. The molecule has 2 aromatic carbocycles. The maximum Gasteiger partial charge on any atom is 0.407 e. The third kappa shape index (κ3) is 7.72. The molecule has 45 heavy (non-hydrogen) atoms. The van der Waals surface area contributed by atoms with E-state index in [9.17, 15) is 14.9 Å². The van der Waals surface area contributed by atoms with Gasteiger partial charge >= 0.3 is 12.1 Å². The van der Waals surface area contributed by atoms with Crippen LogP contribution in [-0.4, -0.2) is 73.1 Å². The van der Waals surface area contributed by atoms with Gasteiger partial charge < -0.3 is 34.7 Å². The van der Waals surface area contributed by atoms with Crippen LogP contribution < -0.4 is 15.5 Å². The molecule has 0 radical (unpaired) electrons. The number of carbonyl (C=O) groups excluding carboxylic acids is 2. The summed E-state index contributed by atoms with van der Waals surface area (Å²) in [5, 5.41) is 17.4. The van der Waals surface area contributed by atoms with Crippen molar-refractivity contribution in [3.63, 3.8) is 0 Å². The number of H-pyrrole nitrogens is 1. The summed E-state index contributed by atoms with van der Waals surface area (Å²) in [6.07, 6.45) is 3.32. The number of methoxy groups -OCH3 is 1. The Hall–Kier alpha value is -5.08. The summed E-state index contributed by atoms with van der Waals surface area (Å²) in [6.45, 7) is 8.22. The number of benzene rings is 2. The van der Waals surface area contributed by atoms with Crippen LogP contribution in [0.4, 0.5) is 16.3 Å². The van der Waals surface area contributed by atoms with Crippen molar-refractivity contribution in [1.82, 2.24) is 15.3 Å². The van der Waals surface area contributed by atoms with E-state index in [0.717, 1.165) is 46.5 Å². The predicted octanol–water partition coefficient (Wildman–Crippen LogP) is 5.29. The average molecular weight is 611 g/mol. The van der Waals surface area contributed by atoms with Crippen molar-refractivity contribution in [1.29, 1.82) is 5.26 Å². The summed E-state index contributed by atoms with van der Waals surface area (Å²) in [5.74, 6) is 0.298. The summed E-state index contributed by atoms with van der Waals surface area (Å²) in [6, 6.07) is 17.7. The number of aromatic nitrogens is 2. The van der Waals surface area contributed by atoms with Crippen LogP contribution in [0, 0.1) is 11.3 Å². The van der Waals surface area contributed by atoms with Crippen LogP contribution in [0.1, 0.15) is 36.7 Å². The van der Waals surface area contributed by atoms with Crippen LogP contribution in [0.5, 0.6) is 0 Å². The number of morpholine rings is 1. The Balaban J connectivity index is 1.42. The molecule has 3 heterocycles. The molecule has 1 fully saturated rings. The minimum Gasteiger partial charge on any atom is -0.465 e. The number of fused-ring (bicyclic) bond motifs is 1. The SMILES string of the molecule is COC(=O)c1cc(-c2ccc(N3CCOCC3)nc2)ccc1NC(C#N)C(Cc1c[nH]c2ccccc12)NC(=O)OC(C)(C)C. The van der Waals surface area contributed by atoms with Crippen LogP contribution >= 0.6 is 0 Å². The number of nitriles is 1. The molecule has 1 aliphatic rings. The van der Waals surface area contributed by atoms with Crippen LogP contribution in [0.15, 0.2) is 67.0 Å². The number of hydrogen-bond donors (Lipinski definition) is 3. The summed E-state index contributed by atoms with van der Waals surface area (Å²) >= 11 is 0. The first-order valence-corrected chi connectivity index (χ1v) is 14.9. The van der Waals surface area contributed by atoms with Gasteiger partial charge in [0.05, 0.1) is 38.0 Å². The van der Waals surface area contributed by atoms with Gasteiger partial charge in [-0.25, -0.2) is 14.6 Å². The minimum atomic E-state index is -0.935. The summed E-state index contributed by atoms with van der Waals surface area (Å²) in [7, 11) is 1.31. The van der Waals surface area contributed by atoms with Crippen molar-refractivity contribution in [2.75, 3.05) is 43.6 Å². The number of esters is 1. The number of alkyl carbamates (subject to hydrolysis) is 1. The van der Waals surface area contributed by atoms with Crippen molar-refractivity contribution < 1.29 is 23.8 Å². The Morgan fingerprint density at radius 1 is 1.11 bits per heavy atom. The fourth-order valence-electron chi connectivity index (χ4n) is 5.30. The molecule has 0 bridgehead atoms. The molecule has 5 rings (SSSR count). The average Bonchev–Trinajstić information content (AvgIpc) is 3.45. The van der Waals surface area contributed by atoms with Gasteiger partial charge in [0.25, 0.3) is 0 Å². The lowest BCUT2D eigenvalue weighted by molar-refractivity contribution is 0.0501. The summed E-state index contributed by atoms with van der Waals surface area (Å²) < 4.78 is 16.1. The lowest BCUT2D eigenvalue weighted by Crippen LogP contribution is -2.49. The molecule has 1 saturated heterocycles. The first-order chi connectivity index (χ1) is 21.6. The second-order valence-corrected chi connectivity index (χ2v) is 11.8. The van der Waals surface area contributed by atoms with E-state index in [1.54, 1.807) is 39.1 Å². The second kappa shape index (κ2) is 13.7. The molecule has 2 atom stereocenters. The topological polar surface area (TPSA) is 142 Å². The van der Waals surface area contributed by atoms with Crippen molar-refractivity contribution >= 4 is 34.5 Å². The maximum atomic E-state index is 13.0. The van der Waals surface area contributed by atoms with Gasteiger partial charge in [-0.3, -0.25) is 0 Å². The van der Waals surface area contributed by atoms with E-state index < -0.39 is 29.7 Å². The Bertz CT molecular complexity index is 1680. The standard InChI is InChI=1S/C34H38N6O5/c1-34(2,3)45-33(42)39-29(18-24-21-36-27-8-6-5-7-25(24)27)30(19-35)38-28-11-9-22(17-26(28)32(41)43-4)23-10-12-31(37-20-23)40-13-15-44-16-14-40/h5-12,17,20-21,29-30,36,38H,13-16,18H2,1-4H3,(H,39,42). The van der Waals surface area contributed by atoms with Crippen molar-refractivity contribution in [2.45, 2.75) is 44.9 Å². The van der Waals surface area contributed by atoms with Gasteiger partial charge in [0.1, 0.15) is 17.5 Å². The molecule has 2 aromatic heterocycles. The van der Waals surface area contributed by atoms with Crippen LogP contribution in [-0.2, 0) is 20.6 Å². The van der Waals surface area contributed by atoms with E-state index in [0.29, 0.717) is 25.3 Å². The zero-order valence-electron chi connectivity index (χ0n) is 25.9. The van der Waals surface area contributed by atoms with Gasteiger partial charge in [0.15, 0.2) is 0 Å². The molecule has 0 aliphatic carbocycles. The lowest BCUT2D eigenvalue weighted by Gasteiger charge is -2.28. The van der Waals surface area contributed by atoms with Gasteiger partial charge in [0.2, 0.25) is 0 Å². The summed E-state index contributed by atoms with van der Waals surface area (Å²) in [5.41, 5.74) is 3.36. The third-order valence-corrected chi connectivity index (χ3v) is 7.51. The number of rotatable bonds is 9. The van der Waals surface area contributed by atoms with Gasteiger partial charge in [0, 0.05) is 47.6 Å². The van der Waals surface area contributed by atoms with E-state index in [-0.39, 0.29) is 5.56 Å². The van der Waals surface area contributed by atoms with E-state index >= 15 is 0 Å². The normalized spacial score (nSPS) is 14.7. The fourth-order valence-corrected chi connectivity index (χ4v) is 5.30.